The quantitative estimate of drug-likeness (QED) is 0.471. The number of sulfonamides is 1. The molecule has 34 heavy (non-hydrogen) atoms. The van der Waals surface area contributed by atoms with Crippen LogP contribution in [0.3, 0.4) is 0 Å². The van der Waals surface area contributed by atoms with Gasteiger partial charge in [0.1, 0.15) is 0 Å². The Bertz CT molecular complexity index is 1220. The molecule has 1 unspecified atom stereocenters. The molecule has 0 N–H and O–H groups in total. The van der Waals surface area contributed by atoms with Crippen molar-refractivity contribution >= 4 is 27.5 Å². The summed E-state index contributed by atoms with van der Waals surface area (Å²) in [5.41, 5.74) is 1.81. The highest BCUT2D eigenvalue weighted by Crippen LogP contribution is 2.33. The summed E-state index contributed by atoms with van der Waals surface area (Å²) in [6, 6.07) is 12.4. The average molecular weight is 487 g/mol. The van der Waals surface area contributed by atoms with Gasteiger partial charge >= 0.3 is 0 Å². The van der Waals surface area contributed by atoms with E-state index in [0.29, 0.717) is 6.54 Å². The summed E-state index contributed by atoms with van der Waals surface area (Å²) in [6.45, 7) is 2.66. The number of piperazine rings is 1. The lowest BCUT2D eigenvalue weighted by Crippen LogP contribution is -2.51. The maximum Gasteiger partial charge on any atom is 0.270 e. The Morgan fingerprint density at radius 3 is 2.41 bits per heavy atom. The van der Waals surface area contributed by atoms with Crippen molar-refractivity contribution in [3.05, 3.63) is 69.8 Å². The second-order valence-electron chi connectivity index (χ2n) is 8.42. The number of carbonyl (C=O) groups is 2. The van der Waals surface area contributed by atoms with E-state index in [1.165, 1.54) is 29.4 Å². The monoisotopic (exact) mass is 486 g/mol. The predicted octanol–water partition coefficient (Wildman–Crippen LogP) is 1.96. The van der Waals surface area contributed by atoms with E-state index in [0.717, 1.165) is 23.6 Å². The lowest BCUT2D eigenvalue weighted by Gasteiger charge is -2.39. The minimum absolute atomic E-state index is 0.0832. The molecular formula is C23H26N4O6S. The van der Waals surface area contributed by atoms with Crippen molar-refractivity contribution in [1.82, 2.24) is 14.1 Å². The number of hydrogen-bond acceptors (Lipinski definition) is 6. The van der Waals surface area contributed by atoms with Gasteiger partial charge in [-0.1, -0.05) is 30.3 Å². The SMILES string of the molecule is CC(=O)N1CCc2ccccc2C1CC(=O)N1CCN(S(=O)(=O)c2cccc([N+](=O)[O-])c2)CC1. The molecule has 180 valence electrons. The Morgan fingerprint density at radius 2 is 1.74 bits per heavy atom. The van der Waals surface area contributed by atoms with Gasteiger partial charge < -0.3 is 9.80 Å². The Balaban J connectivity index is 1.44. The minimum atomic E-state index is -3.92. The van der Waals surface area contributed by atoms with Gasteiger partial charge in [0, 0.05) is 51.8 Å². The Kier molecular flexibility index (Phi) is 6.67. The molecule has 1 fully saturated rings. The van der Waals surface area contributed by atoms with Gasteiger partial charge in [-0.05, 0) is 23.6 Å². The van der Waals surface area contributed by atoms with E-state index in [2.05, 4.69) is 0 Å². The van der Waals surface area contributed by atoms with Crippen LogP contribution in [0.15, 0.2) is 53.4 Å². The molecule has 0 bridgehead atoms. The smallest absolute Gasteiger partial charge is 0.270 e. The molecule has 2 aromatic carbocycles. The minimum Gasteiger partial charge on any atom is -0.340 e. The van der Waals surface area contributed by atoms with Crippen LogP contribution in [0.5, 0.6) is 0 Å². The molecule has 2 heterocycles. The van der Waals surface area contributed by atoms with Crippen molar-refractivity contribution in [2.45, 2.75) is 30.7 Å². The molecule has 1 atom stereocenters. The molecular weight excluding hydrogens is 460 g/mol. The summed E-state index contributed by atoms with van der Waals surface area (Å²) in [4.78, 5) is 38.9. The molecule has 0 spiro atoms. The first-order valence-corrected chi connectivity index (χ1v) is 12.5. The number of fused-ring (bicyclic) bond motifs is 1. The third-order valence-electron chi connectivity index (χ3n) is 6.44. The molecule has 2 aromatic rings. The fraction of sp³-hybridized carbons (Fsp3) is 0.391. The molecule has 0 radical (unpaired) electrons. The zero-order valence-corrected chi connectivity index (χ0v) is 19.6. The van der Waals surface area contributed by atoms with E-state index in [9.17, 15) is 28.1 Å². The summed E-state index contributed by atoms with van der Waals surface area (Å²) < 4.78 is 27.2. The first-order chi connectivity index (χ1) is 16.2. The lowest BCUT2D eigenvalue weighted by atomic mass is 9.90. The predicted molar refractivity (Wildman–Crippen MR) is 123 cm³/mol. The number of nitro benzene ring substituents is 1. The van der Waals surface area contributed by atoms with Gasteiger partial charge in [-0.3, -0.25) is 19.7 Å². The number of nitrogens with zero attached hydrogens (tertiary/aromatic N) is 4. The second kappa shape index (κ2) is 9.51. The number of amides is 2. The lowest BCUT2D eigenvalue weighted by molar-refractivity contribution is -0.385. The highest BCUT2D eigenvalue weighted by molar-refractivity contribution is 7.89. The largest absolute Gasteiger partial charge is 0.340 e. The van der Waals surface area contributed by atoms with Gasteiger partial charge in [0.05, 0.1) is 22.3 Å². The van der Waals surface area contributed by atoms with Crippen LogP contribution < -0.4 is 0 Å². The molecule has 4 rings (SSSR count). The Hall–Kier alpha value is -3.31. The van der Waals surface area contributed by atoms with E-state index in [-0.39, 0.29) is 61.0 Å². The fourth-order valence-electron chi connectivity index (χ4n) is 4.63. The first-order valence-electron chi connectivity index (χ1n) is 11.1. The van der Waals surface area contributed by atoms with Crippen LogP contribution in [0.4, 0.5) is 5.69 Å². The molecule has 0 aliphatic carbocycles. The fourth-order valence-corrected chi connectivity index (χ4v) is 6.09. The van der Waals surface area contributed by atoms with E-state index in [4.69, 9.17) is 0 Å². The number of hydrogen-bond donors (Lipinski definition) is 0. The standard InChI is InChI=1S/C23H26N4O6S/c1-17(28)26-10-9-18-5-2-3-8-21(18)22(26)16-23(29)24-11-13-25(14-12-24)34(32,33)20-7-4-6-19(15-20)27(30)31/h2-8,15,22H,9-14,16H2,1H3. The van der Waals surface area contributed by atoms with Gasteiger partial charge in [0.2, 0.25) is 21.8 Å². The zero-order valence-electron chi connectivity index (χ0n) is 18.8. The van der Waals surface area contributed by atoms with Gasteiger partial charge in [-0.2, -0.15) is 4.31 Å². The third-order valence-corrected chi connectivity index (χ3v) is 8.34. The van der Waals surface area contributed by atoms with Crippen molar-refractivity contribution in [3.8, 4) is 0 Å². The summed E-state index contributed by atoms with van der Waals surface area (Å²) in [6.07, 6.45) is 0.878. The summed E-state index contributed by atoms with van der Waals surface area (Å²) in [7, 11) is -3.92. The summed E-state index contributed by atoms with van der Waals surface area (Å²) >= 11 is 0. The van der Waals surface area contributed by atoms with Crippen LogP contribution in [0.2, 0.25) is 0 Å². The Labute approximate surface area is 198 Å². The van der Waals surface area contributed by atoms with Crippen molar-refractivity contribution < 1.29 is 22.9 Å². The molecule has 2 amide bonds. The van der Waals surface area contributed by atoms with E-state index < -0.39 is 14.9 Å². The normalized spacial score (nSPS) is 18.9. The number of rotatable bonds is 5. The first kappa shape index (κ1) is 23.8. The third kappa shape index (κ3) is 4.66. The van der Waals surface area contributed by atoms with Crippen LogP contribution in [0.1, 0.15) is 30.5 Å². The van der Waals surface area contributed by atoms with E-state index in [1.54, 1.807) is 9.80 Å². The van der Waals surface area contributed by atoms with Gasteiger partial charge in [-0.25, -0.2) is 8.42 Å². The molecule has 11 heteroatoms. The number of non-ortho nitro benzene ring substituents is 1. The molecule has 10 nitrogen and oxygen atoms in total. The number of benzene rings is 2. The Morgan fingerprint density at radius 1 is 1.03 bits per heavy atom. The van der Waals surface area contributed by atoms with Crippen LogP contribution >= 0.6 is 0 Å². The zero-order chi connectivity index (χ0) is 24.5. The molecule has 1 saturated heterocycles. The van der Waals surface area contributed by atoms with Crippen molar-refractivity contribution in [2.75, 3.05) is 32.7 Å². The molecule has 0 saturated carbocycles. The summed E-state index contributed by atoms with van der Waals surface area (Å²) in [5, 5.41) is 11.0. The second-order valence-corrected chi connectivity index (χ2v) is 10.4. The van der Waals surface area contributed by atoms with Gasteiger partial charge in [-0.15, -0.1) is 0 Å². The van der Waals surface area contributed by atoms with Gasteiger partial charge in [0.15, 0.2) is 0 Å². The van der Waals surface area contributed by atoms with Gasteiger partial charge in [0.25, 0.3) is 5.69 Å². The maximum absolute atomic E-state index is 13.1. The number of carbonyl (C=O) groups excluding carboxylic acids is 2. The van der Waals surface area contributed by atoms with Crippen molar-refractivity contribution in [3.63, 3.8) is 0 Å². The van der Waals surface area contributed by atoms with Crippen LogP contribution in [-0.2, 0) is 26.0 Å². The van der Waals surface area contributed by atoms with Crippen LogP contribution in [0, 0.1) is 10.1 Å². The molecule has 2 aliphatic rings. The number of nitro groups is 1. The van der Waals surface area contributed by atoms with Crippen LogP contribution in [-0.4, -0.2) is 72.0 Å². The highest BCUT2D eigenvalue weighted by atomic mass is 32.2. The molecule has 0 aromatic heterocycles. The topological polar surface area (TPSA) is 121 Å². The average Bonchev–Trinajstić information content (AvgIpc) is 2.84. The van der Waals surface area contributed by atoms with Crippen molar-refractivity contribution in [2.24, 2.45) is 0 Å². The van der Waals surface area contributed by atoms with Crippen LogP contribution in [0.25, 0.3) is 0 Å². The van der Waals surface area contributed by atoms with Crippen molar-refractivity contribution in [1.29, 1.82) is 0 Å². The van der Waals surface area contributed by atoms with E-state index in [1.807, 2.05) is 24.3 Å². The highest BCUT2D eigenvalue weighted by Gasteiger charge is 2.35. The summed E-state index contributed by atoms with van der Waals surface area (Å²) in [5.74, 6) is -0.222. The maximum atomic E-state index is 13.1. The molecule has 2 aliphatic heterocycles. The van der Waals surface area contributed by atoms with E-state index >= 15 is 0 Å².